The molecule has 0 spiro atoms. The molecule has 0 aliphatic carbocycles. The Morgan fingerprint density at radius 3 is 2.79 bits per heavy atom. The van der Waals surface area contributed by atoms with E-state index in [1.54, 1.807) is 11.9 Å². The van der Waals surface area contributed by atoms with Crippen LogP contribution in [0.15, 0.2) is 28.8 Å². The molecule has 0 saturated carbocycles. The molecule has 102 valence electrons. The van der Waals surface area contributed by atoms with Crippen molar-refractivity contribution in [2.45, 2.75) is 11.8 Å². The molecule has 0 radical (unpaired) electrons. The molecule has 4 heteroatoms. The van der Waals surface area contributed by atoms with Gasteiger partial charge in [-0.2, -0.15) is 0 Å². The van der Waals surface area contributed by atoms with E-state index in [-0.39, 0.29) is 0 Å². The Hall–Kier alpha value is -0.970. The summed E-state index contributed by atoms with van der Waals surface area (Å²) in [5.74, 6) is 0. The van der Waals surface area contributed by atoms with Gasteiger partial charge in [0.15, 0.2) is 0 Å². The van der Waals surface area contributed by atoms with Crippen LogP contribution in [0.5, 0.6) is 0 Å². The maximum Gasteiger partial charge on any atom is 0.0391 e. The van der Waals surface area contributed by atoms with E-state index in [1.807, 2.05) is 0 Å². The molecule has 1 aromatic rings. The molecule has 3 nitrogen and oxygen atoms in total. The fourth-order valence-corrected chi connectivity index (χ4v) is 3.42. The molecular formula is C15H21N3S. The van der Waals surface area contributed by atoms with Crippen molar-refractivity contribution in [3.63, 3.8) is 0 Å². The van der Waals surface area contributed by atoms with Gasteiger partial charge < -0.3 is 9.62 Å². The highest BCUT2D eigenvalue weighted by Crippen LogP contribution is 2.30. The van der Waals surface area contributed by atoms with Gasteiger partial charge in [0.05, 0.1) is 0 Å². The highest BCUT2D eigenvalue weighted by Gasteiger charge is 2.17. The van der Waals surface area contributed by atoms with E-state index in [0.29, 0.717) is 0 Å². The van der Waals surface area contributed by atoms with E-state index in [2.05, 4.69) is 52.8 Å². The van der Waals surface area contributed by atoms with Gasteiger partial charge in [-0.15, -0.1) is 0 Å². The van der Waals surface area contributed by atoms with Crippen molar-refractivity contribution >= 4 is 18.0 Å². The maximum absolute atomic E-state index is 3.50. The topological polar surface area (TPSA) is 18.5 Å². The summed E-state index contributed by atoms with van der Waals surface area (Å²) in [5, 5.41) is 0. The normalized spacial score (nSPS) is 20.6. The van der Waals surface area contributed by atoms with Gasteiger partial charge in [-0.3, -0.25) is 4.90 Å². The van der Waals surface area contributed by atoms with Gasteiger partial charge in [-0.05, 0) is 43.1 Å². The first-order valence-corrected chi connectivity index (χ1v) is 7.68. The van der Waals surface area contributed by atoms with Crippen molar-refractivity contribution < 1.29 is 0 Å². The average molecular weight is 275 g/mol. The number of benzene rings is 1. The molecule has 3 rings (SSSR count). The Morgan fingerprint density at radius 1 is 1.21 bits per heavy atom. The van der Waals surface area contributed by atoms with Crippen molar-refractivity contribution in [1.29, 1.82) is 0 Å². The van der Waals surface area contributed by atoms with Crippen LogP contribution in [0, 0.1) is 6.92 Å². The van der Waals surface area contributed by atoms with E-state index in [4.69, 9.17) is 0 Å². The Bertz CT molecular complexity index is 490. The van der Waals surface area contributed by atoms with Gasteiger partial charge in [0.25, 0.3) is 0 Å². The lowest BCUT2D eigenvalue weighted by Crippen LogP contribution is -2.45. The molecule has 1 saturated heterocycles. The molecule has 2 aliphatic heterocycles. The van der Waals surface area contributed by atoms with Crippen LogP contribution in [0.1, 0.15) is 11.1 Å². The number of rotatable bonds is 2. The van der Waals surface area contributed by atoms with Crippen molar-refractivity contribution in [1.82, 2.24) is 14.5 Å². The first-order valence-electron chi connectivity index (χ1n) is 6.86. The SMILES string of the molecule is Cc1cccc2c1SNC(CN1CCN(C)CC1)=C2. The molecule has 0 atom stereocenters. The molecule has 0 aromatic heterocycles. The predicted molar refractivity (Wildman–Crippen MR) is 82.1 cm³/mol. The first-order chi connectivity index (χ1) is 9.22. The molecule has 0 amide bonds. The molecule has 0 bridgehead atoms. The number of piperazine rings is 1. The van der Waals surface area contributed by atoms with E-state index in [1.165, 1.54) is 47.9 Å². The minimum Gasteiger partial charge on any atom is -0.328 e. The molecule has 19 heavy (non-hydrogen) atoms. The summed E-state index contributed by atoms with van der Waals surface area (Å²) in [6.07, 6.45) is 2.30. The van der Waals surface area contributed by atoms with E-state index >= 15 is 0 Å². The van der Waals surface area contributed by atoms with Crippen LogP contribution in [0.2, 0.25) is 0 Å². The van der Waals surface area contributed by atoms with Crippen LogP contribution in [0.3, 0.4) is 0 Å². The third-order valence-electron chi connectivity index (χ3n) is 3.85. The Balaban J connectivity index is 1.70. The van der Waals surface area contributed by atoms with Gasteiger partial charge in [0, 0.05) is 43.3 Å². The minimum absolute atomic E-state index is 1.04. The minimum atomic E-state index is 1.04. The lowest BCUT2D eigenvalue weighted by molar-refractivity contribution is 0.163. The molecule has 1 N–H and O–H groups in total. The summed E-state index contributed by atoms with van der Waals surface area (Å²) in [6, 6.07) is 6.52. The van der Waals surface area contributed by atoms with Crippen molar-refractivity contribution in [3.05, 3.63) is 35.0 Å². The lowest BCUT2D eigenvalue weighted by Gasteiger charge is -2.33. The van der Waals surface area contributed by atoms with E-state index in [9.17, 15) is 0 Å². The van der Waals surface area contributed by atoms with Crippen LogP contribution in [0.4, 0.5) is 0 Å². The van der Waals surface area contributed by atoms with Crippen molar-refractivity contribution in [2.24, 2.45) is 0 Å². The zero-order chi connectivity index (χ0) is 13.2. The van der Waals surface area contributed by atoms with E-state index < -0.39 is 0 Å². The summed E-state index contributed by atoms with van der Waals surface area (Å²) in [5.41, 5.74) is 4.03. The van der Waals surface area contributed by atoms with Crippen LogP contribution in [-0.2, 0) is 0 Å². The number of likely N-dealkylation sites (N-methyl/N-ethyl adjacent to an activating group) is 1. The van der Waals surface area contributed by atoms with Crippen LogP contribution in [-0.4, -0.2) is 49.6 Å². The van der Waals surface area contributed by atoms with Crippen molar-refractivity contribution in [2.75, 3.05) is 39.8 Å². The molecule has 0 unspecified atom stereocenters. The number of nitrogens with zero attached hydrogens (tertiary/aromatic N) is 2. The Kier molecular flexibility index (Phi) is 3.82. The summed E-state index contributed by atoms with van der Waals surface area (Å²) in [6.45, 7) is 7.90. The fourth-order valence-electron chi connectivity index (χ4n) is 2.59. The number of fused-ring (bicyclic) bond motifs is 1. The molecule has 2 heterocycles. The zero-order valence-electron chi connectivity index (χ0n) is 11.6. The number of hydrogen-bond acceptors (Lipinski definition) is 4. The quantitative estimate of drug-likeness (QED) is 0.834. The Morgan fingerprint density at radius 2 is 2.00 bits per heavy atom. The van der Waals surface area contributed by atoms with Gasteiger partial charge in [0.1, 0.15) is 0 Å². The maximum atomic E-state index is 3.50. The highest BCUT2D eigenvalue weighted by molar-refractivity contribution is 7.97. The highest BCUT2D eigenvalue weighted by atomic mass is 32.2. The lowest BCUT2D eigenvalue weighted by atomic mass is 10.1. The number of aryl methyl sites for hydroxylation is 1. The summed E-state index contributed by atoms with van der Waals surface area (Å²) in [4.78, 5) is 6.29. The second-order valence-corrected chi connectivity index (χ2v) is 6.26. The van der Waals surface area contributed by atoms with Gasteiger partial charge in [-0.1, -0.05) is 18.2 Å². The van der Waals surface area contributed by atoms with Crippen molar-refractivity contribution in [3.8, 4) is 0 Å². The molecule has 2 aliphatic rings. The second kappa shape index (κ2) is 5.57. The van der Waals surface area contributed by atoms with Crippen LogP contribution < -0.4 is 4.72 Å². The van der Waals surface area contributed by atoms with Crippen LogP contribution in [0.25, 0.3) is 6.08 Å². The number of nitrogens with one attached hydrogen (secondary N) is 1. The summed E-state index contributed by atoms with van der Waals surface area (Å²) < 4.78 is 3.50. The standard InChI is InChI=1S/C15H21N3S/c1-12-4-3-5-13-10-14(16-19-15(12)13)11-18-8-6-17(2)7-9-18/h3-5,10,16H,6-9,11H2,1-2H3. The molecule has 1 fully saturated rings. The molecular weight excluding hydrogens is 254 g/mol. The van der Waals surface area contributed by atoms with Gasteiger partial charge >= 0.3 is 0 Å². The molecule has 1 aromatic carbocycles. The second-order valence-electron chi connectivity index (χ2n) is 5.45. The third-order valence-corrected chi connectivity index (χ3v) is 4.97. The van der Waals surface area contributed by atoms with Crippen LogP contribution >= 0.6 is 11.9 Å². The Labute approximate surface area is 119 Å². The fraction of sp³-hybridized carbons (Fsp3) is 0.467. The smallest absolute Gasteiger partial charge is 0.0391 e. The average Bonchev–Trinajstić information content (AvgIpc) is 2.42. The third kappa shape index (κ3) is 2.96. The first kappa shape index (κ1) is 13.0. The summed E-state index contributed by atoms with van der Waals surface area (Å²) >= 11 is 1.76. The number of hydrogen-bond donors (Lipinski definition) is 1. The predicted octanol–water partition coefficient (Wildman–Crippen LogP) is 2.19. The summed E-state index contributed by atoms with van der Waals surface area (Å²) in [7, 11) is 2.20. The van der Waals surface area contributed by atoms with Gasteiger partial charge in [0.2, 0.25) is 0 Å². The zero-order valence-corrected chi connectivity index (χ0v) is 12.5. The van der Waals surface area contributed by atoms with Gasteiger partial charge in [-0.25, -0.2) is 0 Å². The monoisotopic (exact) mass is 275 g/mol. The van der Waals surface area contributed by atoms with E-state index in [0.717, 1.165) is 6.54 Å². The largest absolute Gasteiger partial charge is 0.328 e.